The Morgan fingerprint density at radius 1 is 1.20 bits per heavy atom. The molecule has 20 heavy (non-hydrogen) atoms. The topological polar surface area (TPSA) is 9.23 Å². The third kappa shape index (κ3) is 3.83. The smallest absolute Gasteiger partial charge is 0.126 e. The van der Waals surface area contributed by atoms with Crippen LogP contribution in [-0.2, 0) is 6.42 Å². The zero-order chi connectivity index (χ0) is 14.5. The molecule has 0 heterocycles. The van der Waals surface area contributed by atoms with E-state index in [0.29, 0.717) is 18.6 Å². The molecule has 106 valence electrons. The zero-order valence-electron chi connectivity index (χ0n) is 11.1. The lowest BCUT2D eigenvalue weighted by Gasteiger charge is -2.16. The Morgan fingerprint density at radius 2 is 1.95 bits per heavy atom. The van der Waals surface area contributed by atoms with E-state index in [2.05, 4.69) is 31.9 Å². The van der Waals surface area contributed by atoms with Crippen molar-refractivity contribution in [2.45, 2.75) is 18.2 Å². The Bertz CT molecular complexity index is 586. The van der Waals surface area contributed by atoms with Crippen LogP contribution in [0.5, 0.6) is 5.75 Å². The number of benzene rings is 2. The number of hydrogen-bond acceptors (Lipinski definition) is 1. The Morgan fingerprint density at radius 3 is 2.65 bits per heavy atom. The van der Waals surface area contributed by atoms with E-state index < -0.39 is 0 Å². The molecule has 0 aliphatic heterocycles. The van der Waals surface area contributed by atoms with Crippen LogP contribution in [0.3, 0.4) is 0 Å². The van der Waals surface area contributed by atoms with Crippen molar-refractivity contribution in [3.63, 3.8) is 0 Å². The fourth-order valence-electron chi connectivity index (χ4n) is 2.02. The number of hydrogen-bond donors (Lipinski definition) is 0. The molecule has 2 rings (SSSR count). The highest BCUT2D eigenvalue weighted by atomic mass is 79.9. The van der Waals surface area contributed by atoms with Crippen LogP contribution < -0.4 is 4.74 Å². The summed E-state index contributed by atoms with van der Waals surface area (Å²) in [5, 5.41) is 0. The normalized spacial score (nSPS) is 12.2. The number of halogens is 3. The molecule has 0 amide bonds. The maximum Gasteiger partial charge on any atom is 0.126 e. The average molecular weight is 402 g/mol. The summed E-state index contributed by atoms with van der Waals surface area (Å²) in [5.41, 5.74) is 1.71. The van der Waals surface area contributed by atoms with E-state index in [1.54, 1.807) is 6.07 Å². The van der Waals surface area contributed by atoms with Crippen molar-refractivity contribution >= 4 is 31.9 Å². The molecule has 2 aromatic rings. The van der Waals surface area contributed by atoms with Gasteiger partial charge in [-0.3, -0.25) is 0 Å². The van der Waals surface area contributed by atoms with Crippen molar-refractivity contribution in [2.75, 3.05) is 6.61 Å². The molecule has 0 radical (unpaired) electrons. The van der Waals surface area contributed by atoms with E-state index in [-0.39, 0.29) is 10.6 Å². The molecule has 1 unspecified atom stereocenters. The molecular weight excluding hydrogens is 387 g/mol. The minimum absolute atomic E-state index is 0.00144. The molecule has 0 aliphatic rings. The van der Waals surface area contributed by atoms with E-state index in [9.17, 15) is 4.39 Å². The second-order valence-electron chi connectivity index (χ2n) is 4.38. The summed E-state index contributed by atoms with van der Waals surface area (Å²) in [7, 11) is 0. The Hall–Kier alpha value is -0.870. The monoisotopic (exact) mass is 400 g/mol. The van der Waals surface area contributed by atoms with Gasteiger partial charge in [-0.05, 0) is 43.2 Å². The standard InChI is InChI=1S/C16H15Br2FO/c1-2-20-16-8-7-12(17)10-13(16)14(18)9-11-5-3-4-6-15(11)19/h3-8,10,14H,2,9H2,1H3. The summed E-state index contributed by atoms with van der Waals surface area (Å²) in [5.74, 6) is 0.652. The number of alkyl halides is 1. The molecule has 0 bridgehead atoms. The maximum atomic E-state index is 13.7. The highest BCUT2D eigenvalue weighted by molar-refractivity contribution is 9.10. The van der Waals surface area contributed by atoms with Crippen LogP contribution in [0, 0.1) is 5.82 Å². The molecule has 0 saturated carbocycles. The van der Waals surface area contributed by atoms with Crippen molar-refractivity contribution in [1.82, 2.24) is 0 Å². The SMILES string of the molecule is CCOc1ccc(Br)cc1C(Br)Cc1ccccc1F. The predicted molar refractivity (Wildman–Crippen MR) is 87.1 cm³/mol. The van der Waals surface area contributed by atoms with E-state index >= 15 is 0 Å². The van der Waals surface area contributed by atoms with Gasteiger partial charge in [-0.15, -0.1) is 0 Å². The van der Waals surface area contributed by atoms with Gasteiger partial charge in [0.25, 0.3) is 0 Å². The maximum absolute atomic E-state index is 13.7. The van der Waals surface area contributed by atoms with Crippen molar-refractivity contribution < 1.29 is 9.13 Å². The Labute approximate surface area is 135 Å². The first-order chi connectivity index (χ1) is 9.61. The van der Waals surface area contributed by atoms with Gasteiger partial charge in [-0.25, -0.2) is 4.39 Å². The Balaban J connectivity index is 2.26. The van der Waals surface area contributed by atoms with Gasteiger partial charge in [0.1, 0.15) is 11.6 Å². The Kier molecular flexibility index (Phi) is 5.61. The van der Waals surface area contributed by atoms with E-state index in [1.165, 1.54) is 6.07 Å². The van der Waals surface area contributed by atoms with Crippen LogP contribution in [0.15, 0.2) is 46.9 Å². The van der Waals surface area contributed by atoms with Crippen LogP contribution in [0.25, 0.3) is 0 Å². The van der Waals surface area contributed by atoms with Crippen molar-refractivity contribution in [3.8, 4) is 5.75 Å². The van der Waals surface area contributed by atoms with E-state index in [1.807, 2.05) is 37.3 Å². The van der Waals surface area contributed by atoms with Gasteiger partial charge in [-0.2, -0.15) is 0 Å². The lowest BCUT2D eigenvalue weighted by atomic mass is 10.0. The summed E-state index contributed by atoms with van der Waals surface area (Å²) in [6.07, 6.45) is 0.573. The van der Waals surface area contributed by atoms with Crippen molar-refractivity contribution in [2.24, 2.45) is 0 Å². The zero-order valence-corrected chi connectivity index (χ0v) is 14.2. The predicted octanol–water partition coefficient (Wildman–Crippen LogP) is 5.67. The van der Waals surface area contributed by atoms with Gasteiger partial charge < -0.3 is 4.74 Å². The largest absolute Gasteiger partial charge is 0.494 e. The van der Waals surface area contributed by atoms with Crippen LogP contribution in [0.2, 0.25) is 0 Å². The molecule has 4 heteroatoms. The summed E-state index contributed by atoms with van der Waals surface area (Å²) >= 11 is 7.11. The van der Waals surface area contributed by atoms with Gasteiger partial charge in [0.2, 0.25) is 0 Å². The third-order valence-corrected chi connectivity index (χ3v) is 4.28. The minimum Gasteiger partial charge on any atom is -0.494 e. The van der Waals surface area contributed by atoms with Gasteiger partial charge in [0, 0.05) is 14.9 Å². The lowest BCUT2D eigenvalue weighted by molar-refractivity contribution is 0.336. The summed E-state index contributed by atoms with van der Waals surface area (Å²) < 4.78 is 20.3. The minimum atomic E-state index is -0.176. The van der Waals surface area contributed by atoms with Crippen LogP contribution in [0.4, 0.5) is 4.39 Å². The molecular formula is C16H15Br2FO. The van der Waals surface area contributed by atoms with Crippen LogP contribution in [0.1, 0.15) is 22.9 Å². The summed E-state index contributed by atoms with van der Waals surface area (Å²) in [6, 6.07) is 12.7. The summed E-state index contributed by atoms with van der Waals surface area (Å²) in [4.78, 5) is -0.00144. The highest BCUT2D eigenvalue weighted by Gasteiger charge is 2.16. The van der Waals surface area contributed by atoms with Crippen molar-refractivity contribution in [1.29, 1.82) is 0 Å². The number of rotatable bonds is 5. The van der Waals surface area contributed by atoms with Gasteiger partial charge in [0.05, 0.1) is 6.61 Å². The third-order valence-electron chi connectivity index (χ3n) is 2.97. The molecule has 1 atom stereocenters. The summed E-state index contributed by atoms with van der Waals surface area (Å²) in [6.45, 7) is 2.56. The molecule has 2 aromatic carbocycles. The molecule has 0 aliphatic carbocycles. The fraction of sp³-hybridized carbons (Fsp3) is 0.250. The van der Waals surface area contributed by atoms with Crippen molar-refractivity contribution in [3.05, 3.63) is 63.9 Å². The number of ether oxygens (including phenoxy) is 1. The lowest BCUT2D eigenvalue weighted by Crippen LogP contribution is -2.02. The molecule has 0 N–H and O–H groups in total. The molecule has 0 aromatic heterocycles. The highest BCUT2D eigenvalue weighted by Crippen LogP contribution is 2.36. The van der Waals surface area contributed by atoms with Crippen LogP contribution >= 0.6 is 31.9 Å². The van der Waals surface area contributed by atoms with Gasteiger partial charge in [-0.1, -0.05) is 50.1 Å². The second-order valence-corrected chi connectivity index (χ2v) is 6.40. The van der Waals surface area contributed by atoms with E-state index in [0.717, 1.165) is 15.8 Å². The molecule has 0 saturated heterocycles. The average Bonchev–Trinajstić information content (AvgIpc) is 2.43. The fourth-order valence-corrected chi connectivity index (χ4v) is 3.10. The first-order valence-electron chi connectivity index (χ1n) is 6.41. The molecule has 0 fully saturated rings. The van der Waals surface area contributed by atoms with Gasteiger partial charge in [0.15, 0.2) is 0 Å². The molecule has 1 nitrogen and oxygen atoms in total. The first-order valence-corrected chi connectivity index (χ1v) is 8.12. The van der Waals surface area contributed by atoms with Gasteiger partial charge >= 0.3 is 0 Å². The van der Waals surface area contributed by atoms with E-state index in [4.69, 9.17) is 4.74 Å². The molecule has 0 spiro atoms. The first kappa shape index (κ1) is 15.5. The second kappa shape index (κ2) is 7.23. The van der Waals surface area contributed by atoms with Crippen LogP contribution in [-0.4, -0.2) is 6.61 Å². The quantitative estimate of drug-likeness (QED) is 0.587.